The number of hydrogen-bond donors (Lipinski definition) is 1. The summed E-state index contributed by atoms with van der Waals surface area (Å²) in [5.41, 5.74) is 1.23. The first-order valence-electron chi connectivity index (χ1n) is 7.12. The standard InChI is InChI=1S/C16H21N3OS/c1-13-4-6-15(7-5-13)21-14(2)16(20)18-8-3-10-19-11-9-17-12-19/h4-7,9,11-12,14H,3,8,10H2,1-2H3,(H,18,20)/t14-/m0/s1. The van der Waals surface area contributed by atoms with Crippen LogP contribution in [-0.2, 0) is 11.3 Å². The number of aryl methyl sites for hydroxylation is 2. The molecule has 1 amide bonds. The molecule has 0 aliphatic rings. The van der Waals surface area contributed by atoms with E-state index in [1.54, 1.807) is 24.3 Å². The highest BCUT2D eigenvalue weighted by Crippen LogP contribution is 2.23. The lowest BCUT2D eigenvalue weighted by Crippen LogP contribution is -2.32. The predicted molar refractivity (Wildman–Crippen MR) is 86.4 cm³/mol. The van der Waals surface area contributed by atoms with Crippen LogP contribution in [0.1, 0.15) is 18.9 Å². The van der Waals surface area contributed by atoms with Crippen LogP contribution in [-0.4, -0.2) is 27.3 Å². The molecule has 2 aromatic rings. The van der Waals surface area contributed by atoms with Crippen molar-refractivity contribution in [2.75, 3.05) is 6.54 Å². The molecular weight excluding hydrogens is 282 g/mol. The third-order valence-electron chi connectivity index (χ3n) is 3.15. The van der Waals surface area contributed by atoms with Crippen LogP contribution in [0.4, 0.5) is 0 Å². The van der Waals surface area contributed by atoms with Gasteiger partial charge in [0.2, 0.25) is 5.91 Å². The molecular formula is C16H21N3OS. The summed E-state index contributed by atoms with van der Waals surface area (Å²) >= 11 is 1.59. The predicted octanol–water partition coefficient (Wildman–Crippen LogP) is 2.88. The number of amides is 1. The molecule has 1 N–H and O–H groups in total. The maximum absolute atomic E-state index is 12.0. The molecule has 1 aromatic heterocycles. The number of imidazole rings is 1. The smallest absolute Gasteiger partial charge is 0.233 e. The zero-order valence-corrected chi connectivity index (χ0v) is 13.3. The van der Waals surface area contributed by atoms with E-state index in [0.717, 1.165) is 17.9 Å². The minimum absolute atomic E-state index is 0.0825. The number of carbonyl (C=O) groups is 1. The third kappa shape index (κ3) is 5.27. The molecule has 1 aromatic carbocycles. The van der Waals surface area contributed by atoms with E-state index < -0.39 is 0 Å². The average Bonchev–Trinajstić information content (AvgIpc) is 2.99. The summed E-state index contributed by atoms with van der Waals surface area (Å²) in [5.74, 6) is 0.0891. The van der Waals surface area contributed by atoms with Gasteiger partial charge in [0.05, 0.1) is 11.6 Å². The quantitative estimate of drug-likeness (QED) is 0.632. The Bertz CT molecular complexity index is 551. The molecule has 0 spiro atoms. The van der Waals surface area contributed by atoms with Crippen molar-refractivity contribution >= 4 is 17.7 Å². The normalized spacial score (nSPS) is 12.1. The van der Waals surface area contributed by atoms with Gasteiger partial charge in [0, 0.05) is 30.4 Å². The summed E-state index contributed by atoms with van der Waals surface area (Å²) < 4.78 is 2.01. The fourth-order valence-electron chi connectivity index (χ4n) is 1.91. The Hall–Kier alpha value is -1.75. The van der Waals surface area contributed by atoms with Gasteiger partial charge in [0.1, 0.15) is 0 Å². The van der Waals surface area contributed by atoms with Crippen molar-refractivity contribution in [2.45, 2.75) is 37.0 Å². The first-order chi connectivity index (χ1) is 10.1. The van der Waals surface area contributed by atoms with E-state index in [-0.39, 0.29) is 11.2 Å². The van der Waals surface area contributed by atoms with Crippen LogP contribution in [0.3, 0.4) is 0 Å². The van der Waals surface area contributed by atoms with Gasteiger partial charge in [0.25, 0.3) is 0 Å². The Kier molecular flexibility index (Phi) is 5.87. The maximum atomic E-state index is 12.0. The van der Waals surface area contributed by atoms with Crippen molar-refractivity contribution < 1.29 is 4.79 Å². The van der Waals surface area contributed by atoms with Crippen LogP contribution in [0, 0.1) is 6.92 Å². The fraction of sp³-hybridized carbons (Fsp3) is 0.375. The van der Waals surface area contributed by atoms with Crippen LogP contribution in [0.2, 0.25) is 0 Å². The van der Waals surface area contributed by atoms with E-state index in [0.29, 0.717) is 6.54 Å². The van der Waals surface area contributed by atoms with Gasteiger partial charge in [-0.25, -0.2) is 4.98 Å². The summed E-state index contributed by atoms with van der Waals surface area (Å²) in [6, 6.07) is 8.25. The molecule has 4 nitrogen and oxygen atoms in total. The zero-order chi connectivity index (χ0) is 15.1. The van der Waals surface area contributed by atoms with Gasteiger partial charge in [-0.3, -0.25) is 4.79 Å². The Morgan fingerprint density at radius 2 is 2.14 bits per heavy atom. The number of carbonyl (C=O) groups excluding carboxylic acids is 1. The van der Waals surface area contributed by atoms with E-state index in [1.165, 1.54) is 5.56 Å². The van der Waals surface area contributed by atoms with Crippen molar-refractivity contribution in [1.29, 1.82) is 0 Å². The van der Waals surface area contributed by atoms with Gasteiger partial charge in [-0.15, -0.1) is 11.8 Å². The van der Waals surface area contributed by atoms with Crippen LogP contribution < -0.4 is 5.32 Å². The van der Waals surface area contributed by atoms with Crippen LogP contribution in [0.25, 0.3) is 0 Å². The van der Waals surface area contributed by atoms with Crippen molar-refractivity contribution in [1.82, 2.24) is 14.9 Å². The van der Waals surface area contributed by atoms with Crippen molar-refractivity contribution in [3.8, 4) is 0 Å². The van der Waals surface area contributed by atoms with Gasteiger partial charge < -0.3 is 9.88 Å². The number of hydrogen-bond acceptors (Lipinski definition) is 3. The lowest BCUT2D eigenvalue weighted by molar-refractivity contribution is -0.120. The Morgan fingerprint density at radius 3 is 2.81 bits per heavy atom. The van der Waals surface area contributed by atoms with E-state index in [9.17, 15) is 4.79 Å². The second-order valence-corrected chi connectivity index (χ2v) is 6.43. The summed E-state index contributed by atoms with van der Waals surface area (Å²) in [6.45, 7) is 5.57. The minimum atomic E-state index is -0.0825. The molecule has 0 saturated heterocycles. The molecule has 0 saturated carbocycles. The van der Waals surface area contributed by atoms with E-state index >= 15 is 0 Å². The van der Waals surface area contributed by atoms with Gasteiger partial charge in [-0.1, -0.05) is 17.7 Å². The molecule has 1 heterocycles. The van der Waals surface area contributed by atoms with E-state index in [2.05, 4.69) is 41.5 Å². The summed E-state index contributed by atoms with van der Waals surface area (Å²) in [7, 11) is 0. The van der Waals surface area contributed by atoms with Gasteiger partial charge in [-0.2, -0.15) is 0 Å². The molecule has 21 heavy (non-hydrogen) atoms. The Labute approximate surface area is 130 Å². The van der Waals surface area contributed by atoms with Crippen molar-refractivity contribution in [3.63, 3.8) is 0 Å². The molecule has 0 aliphatic carbocycles. The molecule has 0 bridgehead atoms. The van der Waals surface area contributed by atoms with Gasteiger partial charge in [0.15, 0.2) is 0 Å². The lowest BCUT2D eigenvalue weighted by atomic mass is 10.2. The summed E-state index contributed by atoms with van der Waals surface area (Å²) in [5, 5.41) is 2.90. The molecule has 112 valence electrons. The largest absolute Gasteiger partial charge is 0.355 e. The van der Waals surface area contributed by atoms with Gasteiger partial charge >= 0.3 is 0 Å². The Balaban J connectivity index is 1.68. The third-order valence-corrected chi connectivity index (χ3v) is 4.27. The summed E-state index contributed by atoms with van der Waals surface area (Å²) in [4.78, 5) is 17.1. The highest BCUT2D eigenvalue weighted by Gasteiger charge is 2.13. The lowest BCUT2D eigenvalue weighted by Gasteiger charge is -2.12. The second-order valence-electron chi connectivity index (χ2n) is 5.02. The second kappa shape index (κ2) is 7.88. The summed E-state index contributed by atoms with van der Waals surface area (Å²) in [6.07, 6.45) is 6.39. The average molecular weight is 303 g/mol. The number of thioether (sulfide) groups is 1. The number of benzene rings is 1. The molecule has 0 aliphatic heterocycles. The van der Waals surface area contributed by atoms with Crippen LogP contribution in [0.15, 0.2) is 47.9 Å². The monoisotopic (exact) mass is 303 g/mol. The molecule has 0 radical (unpaired) electrons. The van der Waals surface area contributed by atoms with E-state index in [1.807, 2.05) is 17.7 Å². The molecule has 2 rings (SSSR count). The molecule has 0 fully saturated rings. The molecule has 1 atom stereocenters. The minimum Gasteiger partial charge on any atom is -0.355 e. The SMILES string of the molecule is Cc1ccc(S[C@@H](C)C(=O)NCCCn2ccnc2)cc1. The number of nitrogens with zero attached hydrogens (tertiary/aromatic N) is 2. The number of nitrogens with one attached hydrogen (secondary N) is 1. The Morgan fingerprint density at radius 1 is 1.38 bits per heavy atom. The first-order valence-corrected chi connectivity index (χ1v) is 8.00. The van der Waals surface area contributed by atoms with Crippen LogP contribution in [0.5, 0.6) is 0 Å². The highest BCUT2D eigenvalue weighted by molar-refractivity contribution is 8.00. The number of rotatable bonds is 7. The van der Waals surface area contributed by atoms with Crippen molar-refractivity contribution in [3.05, 3.63) is 48.5 Å². The zero-order valence-electron chi connectivity index (χ0n) is 12.5. The molecule has 5 heteroatoms. The fourth-order valence-corrected chi connectivity index (χ4v) is 2.80. The van der Waals surface area contributed by atoms with Crippen molar-refractivity contribution in [2.24, 2.45) is 0 Å². The molecule has 0 unspecified atom stereocenters. The van der Waals surface area contributed by atoms with Crippen LogP contribution >= 0.6 is 11.8 Å². The number of aromatic nitrogens is 2. The maximum Gasteiger partial charge on any atom is 0.233 e. The topological polar surface area (TPSA) is 46.9 Å². The highest BCUT2D eigenvalue weighted by atomic mass is 32.2. The van der Waals surface area contributed by atoms with E-state index in [4.69, 9.17) is 0 Å². The van der Waals surface area contributed by atoms with Gasteiger partial charge in [-0.05, 0) is 32.4 Å². The first kappa shape index (κ1) is 15.6.